The largest absolute Gasteiger partial charge is 0.0651 e. The van der Waals surface area contributed by atoms with Gasteiger partial charge in [-0.15, -0.1) is 0 Å². The van der Waals surface area contributed by atoms with Crippen molar-refractivity contribution in [2.45, 2.75) is 79.1 Å². The SMILES string of the molecule is CCCc1cc2cc3c(Br)c4cc5cc(CCC)c(CCC)cc5cc4c(Br)c3cc2cc1CCC. The van der Waals surface area contributed by atoms with Gasteiger partial charge in [0.2, 0.25) is 0 Å². The maximum atomic E-state index is 4.04. The first-order chi connectivity index (χ1) is 17.5. The van der Waals surface area contributed by atoms with Crippen molar-refractivity contribution in [2.75, 3.05) is 0 Å². The van der Waals surface area contributed by atoms with Crippen LogP contribution < -0.4 is 0 Å². The first kappa shape index (κ1) is 25.7. The number of fused-ring (bicyclic) bond motifs is 4. The summed E-state index contributed by atoms with van der Waals surface area (Å²) in [5.74, 6) is 0. The van der Waals surface area contributed by atoms with E-state index in [2.05, 4.69) is 108 Å². The maximum Gasteiger partial charge on any atom is 0.0333 e. The fraction of sp³-hybridized carbons (Fsp3) is 0.353. The van der Waals surface area contributed by atoms with Crippen LogP contribution in [0.3, 0.4) is 0 Å². The third kappa shape index (κ3) is 4.61. The Bertz CT molecular complexity index is 1360. The van der Waals surface area contributed by atoms with Crippen LogP contribution in [0, 0.1) is 0 Å². The Morgan fingerprint density at radius 3 is 0.806 bits per heavy atom. The van der Waals surface area contributed by atoms with Crippen LogP contribution in [0.2, 0.25) is 0 Å². The predicted octanol–water partition coefficient (Wildman–Crippen LogP) is 11.6. The van der Waals surface area contributed by atoms with Gasteiger partial charge < -0.3 is 0 Å². The Kier molecular flexibility index (Phi) is 7.75. The smallest absolute Gasteiger partial charge is 0.0333 e. The molecule has 2 heteroatoms. The maximum absolute atomic E-state index is 4.04. The van der Waals surface area contributed by atoms with E-state index >= 15 is 0 Å². The number of benzene rings is 5. The molecular weight excluding hydrogens is 568 g/mol. The summed E-state index contributed by atoms with van der Waals surface area (Å²) in [6.07, 6.45) is 9.34. The molecule has 0 aromatic heterocycles. The summed E-state index contributed by atoms with van der Waals surface area (Å²) in [6, 6.07) is 19.4. The van der Waals surface area contributed by atoms with Crippen LogP contribution in [0.1, 0.15) is 75.6 Å². The molecule has 0 fully saturated rings. The van der Waals surface area contributed by atoms with Gasteiger partial charge in [-0.1, -0.05) is 77.6 Å². The second-order valence-electron chi connectivity index (χ2n) is 10.4. The standard InChI is InChI=1S/C34H36Br2/c1-5-9-21-13-25-17-29-30(18-26(25)14-22(21)10-6-2)34(36)32-20-28-16-24(12-8-4)23(11-7-3)15-27(28)19-31(32)33(29)35/h13-20H,5-12H2,1-4H3. The van der Waals surface area contributed by atoms with E-state index in [1.54, 1.807) is 0 Å². The molecule has 0 aliphatic heterocycles. The Hall–Kier alpha value is -1.90. The van der Waals surface area contributed by atoms with E-state index in [-0.39, 0.29) is 0 Å². The van der Waals surface area contributed by atoms with E-state index in [1.165, 1.54) is 100.0 Å². The van der Waals surface area contributed by atoms with Gasteiger partial charge in [-0.2, -0.15) is 0 Å². The number of aryl methyl sites for hydroxylation is 4. The predicted molar refractivity (Wildman–Crippen MR) is 168 cm³/mol. The van der Waals surface area contributed by atoms with Crippen LogP contribution in [-0.4, -0.2) is 0 Å². The topological polar surface area (TPSA) is 0 Å². The highest BCUT2D eigenvalue weighted by molar-refractivity contribution is 9.11. The van der Waals surface area contributed by atoms with Crippen LogP contribution in [0.4, 0.5) is 0 Å². The molecule has 36 heavy (non-hydrogen) atoms. The average Bonchev–Trinajstić information content (AvgIpc) is 2.87. The summed E-state index contributed by atoms with van der Waals surface area (Å²) < 4.78 is 2.40. The summed E-state index contributed by atoms with van der Waals surface area (Å²) in [4.78, 5) is 0. The van der Waals surface area contributed by atoms with Crippen molar-refractivity contribution in [3.8, 4) is 0 Å². The molecule has 0 spiro atoms. The fourth-order valence-electron chi connectivity index (χ4n) is 5.91. The molecule has 0 nitrogen and oxygen atoms in total. The number of hydrogen-bond acceptors (Lipinski definition) is 0. The quantitative estimate of drug-likeness (QED) is 0.155. The van der Waals surface area contributed by atoms with E-state index in [1.807, 2.05) is 0 Å². The molecule has 0 heterocycles. The lowest BCUT2D eigenvalue weighted by atomic mass is 9.91. The van der Waals surface area contributed by atoms with Gasteiger partial charge in [0.05, 0.1) is 0 Å². The summed E-state index contributed by atoms with van der Waals surface area (Å²) in [6.45, 7) is 9.12. The average molecular weight is 604 g/mol. The van der Waals surface area contributed by atoms with E-state index < -0.39 is 0 Å². The first-order valence-corrected chi connectivity index (χ1v) is 15.3. The van der Waals surface area contributed by atoms with E-state index in [0.717, 1.165) is 25.7 Å². The van der Waals surface area contributed by atoms with Gasteiger partial charge in [0.15, 0.2) is 0 Å². The first-order valence-electron chi connectivity index (χ1n) is 13.7. The van der Waals surface area contributed by atoms with Crippen LogP contribution in [0.15, 0.2) is 57.5 Å². The zero-order chi connectivity index (χ0) is 25.4. The number of hydrogen-bond donors (Lipinski definition) is 0. The molecule has 0 saturated heterocycles. The van der Waals surface area contributed by atoms with Crippen molar-refractivity contribution in [3.05, 3.63) is 79.7 Å². The summed E-state index contributed by atoms with van der Waals surface area (Å²) in [7, 11) is 0. The molecule has 0 atom stereocenters. The third-order valence-corrected chi connectivity index (χ3v) is 9.32. The van der Waals surface area contributed by atoms with Crippen LogP contribution in [0.25, 0.3) is 43.1 Å². The Morgan fingerprint density at radius 2 is 0.611 bits per heavy atom. The molecular formula is C34H36Br2. The van der Waals surface area contributed by atoms with Crippen LogP contribution in [-0.2, 0) is 25.7 Å². The zero-order valence-corrected chi connectivity index (χ0v) is 25.2. The molecule has 0 unspecified atom stereocenters. The summed E-state index contributed by atoms with van der Waals surface area (Å²) >= 11 is 8.09. The lowest BCUT2D eigenvalue weighted by Gasteiger charge is -2.16. The highest BCUT2D eigenvalue weighted by Gasteiger charge is 2.15. The van der Waals surface area contributed by atoms with Crippen molar-refractivity contribution in [1.29, 1.82) is 0 Å². The van der Waals surface area contributed by atoms with Crippen LogP contribution >= 0.6 is 31.9 Å². The zero-order valence-electron chi connectivity index (χ0n) is 22.0. The van der Waals surface area contributed by atoms with Gasteiger partial charge in [-0.05, 0) is 147 Å². The highest BCUT2D eigenvalue weighted by Crippen LogP contribution is 2.43. The number of halogens is 2. The van der Waals surface area contributed by atoms with Gasteiger partial charge >= 0.3 is 0 Å². The minimum atomic E-state index is 1.15. The molecule has 0 aliphatic carbocycles. The highest BCUT2D eigenvalue weighted by atomic mass is 79.9. The fourth-order valence-corrected chi connectivity index (χ4v) is 7.22. The van der Waals surface area contributed by atoms with E-state index in [0.29, 0.717) is 0 Å². The van der Waals surface area contributed by atoms with Crippen molar-refractivity contribution in [3.63, 3.8) is 0 Å². The molecule has 0 bridgehead atoms. The molecule has 0 aliphatic rings. The van der Waals surface area contributed by atoms with Gasteiger partial charge in [0, 0.05) is 8.95 Å². The lowest BCUT2D eigenvalue weighted by Crippen LogP contribution is -1.95. The van der Waals surface area contributed by atoms with E-state index in [4.69, 9.17) is 0 Å². The normalized spacial score (nSPS) is 11.9. The second kappa shape index (κ2) is 10.8. The Balaban J connectivity index is 1.80. The van der Waals surface area contributed by atoms with Gasteiger partial charge in [0.25, 0.3) is 0 Å². The van der Waals surface area contributed by atoms with Crippen LogP contribution in [0.5, 0.6) is 0 Å². The van der Waals surface area contributed by atoms with Gasteiger partial charge in [0.1, 0.15) is 0 Å². The molecule has 5 rings (SSSR count). The van der Waals surface area contributed by atoms with E-state index in [9.17, 15) is 0 Å². The monoisotopic (exact) mass is 602 g/mol. The van der Waals surface area contributed by atoms with Crippen molar-refractivity contribution < 1.29 is 0 Å². The van der Waals surface area contributed by atoms with Gasteiger partial charge in [-0.3, -0.25) is 0 Å². The minimum absolute atomic E-state index is 1.15. The third-order valence-electron chi connectivity index (χ3n) is 7.61. The van der Waals surface area contributed by atoms with Gasteiger partial charge in [-0.25, -0.2) is 0 Å². The Labute approximate surface area is 232 Å². The van der Waals surface area contributed by atoms with Crippen molar-refractivity contribution >= 4 is 74.9 Å². The summed E-state index contributed by atoms with van der Waals surface area (Å²) in [5.41, 5.74) is 6.05. The van der Waals surface area contributed by atoms with Crippen molar-refractivity contribution in [1.82, 2.24) is 0 Å². The second-order valence-corrected chi connectivity index (χ2v) is 11.9. The summed E-state index contributed by atoms with van der Waals surface area (Å²) in [5, 5.41) is 10.5. The Morgan fingerprint density at radius 1 is 0.389 bits per heavy atom. The number of rotatable bonds is 8. The lowest BCUT2D eigenvalue weighted by molar-refractivity contribution is 0.864. The molecule has 0 saturated carbocycles. The molecule has 5 aromatic rings. The minimum Gasteiger partial charge on any atom is -0.0651 e. The molecule has 186 valence electrons. The molecule has 5 aromatic carbocycles. The van der Waals surface area contributed by atoms with Crippen molar-refractivity contribution in [2.24, 2.45) is 0 Å². The molecule has 0 amide bonds. The molecule has 0 radical (unpaired) electrons. The molecule has 0 N–H and O–H groups in total.